The van der Waals surface area contributed by atoms with Gasteiger partial charge in [-0.2, -0.15) is 0 Å². The Hall–Kier alpha value is -2.94. The zero-order chi connectivity index (χ0) is 29.3. The number of benzene rings is 1. The number of thioether (sulfide) groups is 1. The molecule has 2 saturated carbocycles. The molecule has 0 spiro atoms. The van der Waals surface area contributed by atoms with Crippen LogP contribution < -0.4 is 5.32 Å². The lowest BCUT2D eigenvalue weighted by molar-refractivity contribution is -0.150. The van der Waals surface area contributed by atoms with Crippen LogP contribution >= 0.6 is 11.8 Å². The van der Waals surface area contributed by atoms with E-state index in [2.05, 4.69) is 25.6 Å². The van der Waals surface area contributed by atoms with Crippen LogP contribution in [0.3, 0.4) is 0 Å². The lowest BCUT2D eigenvalue weighted by atomic mass is 10.1. The molecule has 2 fully saturated rings. The van der Waals surface area contributed by atoms with Crippen LogP contribution in [0.5, 0.6) is 0 Å². The van der Waals surface area contributed by atoms with Gasteiger partial charge in [0.25, 0.3) is 0 Å². The lowest BCUT2D eigenvalue weighted by Crippen LogP contribution is -2.33. The average Bonchev–Trinajstić information content (AvgIpc) is 3.49. The molecule has 5 rings (SSSR count). The average molecular weight is 593 g/mol. The molecular formula is C27H34F2N6O5S. The molecule has 222 valence electrons. The van der Waals surface area contributed by atoms with Crippen molar-refractivity contribution in [2.45, 2.75) is 81.5 Å². The fourth-order valence-corrected chi connectivity index (χ4v) is 5.61. The van der Waals surface area contributed by atoms with E-state index in [0.717, 1.165) is 18.2 Å². The summed E-state index contributed by atoms with van der Waals surface area (Å²) in [6.07, 6.45) is -1.22. The zero-order valence-corrected chi connectivity index (χ0v) is 23.9. The largest absolute Gasteiger partial charge is 0.463 e. The van der Waals surface area contributed by atoms with Crippen molar-refractivity contribution in [3.63, 3.8) is 0 Å². The standard InChI is InChI=1S/C27H34F2N6O5S/c1-4-9-41-27-31-24(30-18-11-15(18)14-5-6-16(28)17(29)10-14)21-25(32-27)35(34-33-21)19-12-20(23(37)22(19)36)39-7-8-40-26(38)13(2)3/h5-6,10,13,15,18-20,22-23,36-37H,4,7-9,11-12H2,1-3H3,(H,30,31,32)/t15-,18+,19+,20-,22-,23+/m0/s1. The maximum absolute atomic E-state index is 13.8. The molecule has 0 unspecified atom stereocenters. The highest BCUT2D eigenvalue weighted by Crippen LogP contribution is 2.44. The SMILES string of the molecule is CCCSc1nc(N[C@@H]2C[C@H]2c2ccc(F)c(F)c2)c2nnn([C@@H]3C[C@H](OCCOC(=O)C(C)C)[C@@H](O)[C@H]3O)c2n1. The highest BCUT2D eigenvalue weighted by atomic mass is 32.2. The fraction of sp³-hybridized carbons (Fsp3) is 0.593. The van der Waals surface area contributed by atoms with E-state index in [-0.39, 0.29) is 43.5 Å². The van der Waals surface area contributed by atoms with E-state index >= 15 is 0 Å². The summed E-state index contributed by atoms with van der Waals surface area (Å²) >= 11 is 1.47. The number of nitrogens with one attached hydrogen (secondary N) is 1. The summed E-state index contributed by atoms with van der Waals surface area (Å²) in [5.41, 5.74) is 1.49. The molecular weight excluding hydrogens is 558 g/mol. The van der Waals surface area contributed by atoms with Gasteiger partial charge in [0.2, 0.25) is 0 Å². The number of anilines is 1. The number of fused-ring (bicyclic) bond motifs is 1. The van der Waals surface area contributed by atoms with Crippen LogP contribution in [0.4, 0.5) is 14.6 Å². The molecule has 1 aromatic carbocycles. The Bertz CT molecular complexity index is 1390. The van der Waals surface area contributed by atoms with Gasteiger partial charge in [0, 0.05) is 24.1 Å². The lowest BCUT2D eigenvalue weighted by Gasteiger charge is -2.17. The summed E-state index contributed by atoms with van der Waals surface area (Å²) in [5, 5.41) is 34.0. The van der Waals surface area contributed by atoms with E-state index in [0.29, 0.717) is 34.1 Å². The van der Waals surface area contributed by atoms with Gasteiger partial charge in [0.15, 0.2) is 33.8 Å². The number of nitrogens with zero attached hydrogens (tertiary/aromatic N) is 5. The normalized spacial score (nSPS) is 25.7. The van der Waals surface area contributed by atoms with Crippen LogP contribution in [0.15, 0.2) is 23.4 Å². The Morgan fingerprint density at radius 3 is 2.71 bits per heavy atom. The summed E-state index contributed by atoms with van der Waals surface area (Å²) in [6.45, 7) is 5.64. The zero-order valence-electron chi connectivity index (χ0n) is 23.0. The second-order valence-electron chi connectivity index (χ2n) is 10.7. The maximum atomic E-state index is 13.8. The predicted octanol–water partition coefficient (Wildman–Crippen LogP) is 3.22. The van der Waals surface area contributed by atoms with E-state index in [1.807, 2.05) is 6.92 Å². The topological polar surface area (TPSA) is 145 Å². The van der Waals surface area contributed by atoms with Crippen molar-refractivity contribution in [2.75, 3.05) is 24.3 Å². The van der Waals surface area contributed by atoms with Gasteiger partial charge in [-0.3, -0.25) is 4.79 Å². The van der Waals surface area contributed by atoms with Gasteiger partial charge < -0.3 is 25.0 Å². The first-order valence-corrected chi connectivity index (χ1v) is 14.8. The Balaban J connectivity index is 1.33. The Morgan fingerprint density at radius 1 is 1.17 bits per heavy atom. The van der Waals surface area contributed by atoms with E-state index in [9.17, 15) is 23.8 Å². The molecule has 0 bridgehead atoms. The smallest absolute Gasteiger partial charge is 0.308 e. The molecule has 0 radical (unpaired) electrons. The number of hydrogen-bond acceptors (Lipinski definition) is 11. The monoisotopic (exact) mass is 592 g/mol. The van der Waals surface area contributed by atoms with Crippen LogP contribution in [0.25, 0.3) is 11.2 Å². The van der Waals surface area contributed by atoms with E-state index in [1.54, 1.807) is 19.9 Å². The Morgan fingerprint density at radius 2 is 1.98 bits per heavy atom. The third-order valence-corrected chi connectivity index (χ3v) is 8.32. The van der Waals surface area contributed by atoms with Crippen LogP contribution in [0.1, 0.15) is 57.6 Å². The summed E-state index contributed by atoms with van der Waals surface area (Å²) in [5.74, 6) is -1.12. The number of hydrogen-bond donors (Lipinski definition) is 3. The van der Waals surface area contributed by atoms with Crippen molar-refractivity contribution in [2.24, 2.45) is 5.92 Å². The Labute approximate surface area is 240 Å². The molecule has 0 aliphatic heterocycles. The van der Waals surface area contributed by atoms with Crippen LogP contribution in [0, 0.1) is 17.6 Å². The number of halogens is 2. The second kappa shape index (κ2) is 12.5. The quantitative estimate of drug-likeness (QED) is 0.123. The van der Waals surface area contributed by atoms with Gasteiger partial charge in [-0.15, -0.1) is 5.10 Å². The molecule has 2 aromatic heterocycles. The molecule has 0 amide bonds. The summed E-state index contributed by atoms with van der Waals surface area (Å²) < 4.78 is 39.5. The highest BCUT2D eigenvalue weighted by molar-refractivity contribution is 7.99. The van der Waals surface area contributed by atoms with Gasteiger partial charge >= 0.3 is 5.97 Å². The third kappa shape index (κ3) is 6.45. The summed E-state index contributed by atoms with van der Waals surface area (Å²) in [4.78, 5) is 21.0. The molecule has 2 heterocycles. The first-order chi connectivity index (χ1) is 19.7. The number of carbonyl (C=O) groups excluding carboxylic acids is 1. The Kier molecular flexibility index (Phi) is 9.02. The molecule has 14 heteroatoms. The molecule has 6 atom stereocenters. The van der Waals surface area contributed by atoms with Crippen LogP contribution in [-0.4, -0.2) is 84.5 Å². The van der Waals surface area contributed by atoms with Crippen LogP contribution in [0.2, 0.25) is 0 Å². The van der Waals surface area contributed by atoms with E-state index in [4.69, 9.17) is 9.47 Å². The molecule has 2 aliphatic carbocycles. The summed E-state index contributed by atoms with van der Waals surface area (Å²) in [7, 11) is 0. The first kappa shape index (κ1) is 29.5. The second-order valence-corrected chi connectivity index (χ2v) is 11.8. The predicted molar refractivity (Wildman–Crippen MR) is 146 cm³/mol. The first-order valence-electron chi connectivity index (χ1n) is 13.8. The minimum absolute atomic E-state index is 0.0126. The summed E-state index contributed by atoms with van der Waals surface area (Å²) in [6, 6.07) is 3.20. The van der Waals surface area contributed by atoms with Gasteiger partial charge in [-0.05, 0) is 30.5 Å². The van der Waals surface area contributed by atoms with Crippen molar-refractivity contribution in [1.82, 2.24) is 25.0 Å². The minimum atomic E-state index is -1.19. The third-order valence-electron chi connectivity index (χ3n) is 7.27. The number of esters is 1. The number of ether oxygens (including phenoxy) is 2. The van der Waals surface area contributed by atoms with Gasteiger partial charge in [-0.1, -0.05) is 43.8 Å². The van der Waals surface area contributed by atoms with E-state index < -0.39 is 36.0 Å². The molecule has 41 heavy (non-hydrogen) atoms. The number of aromatic nitrogens is 5. The maximum Gasteiger partial charge on any atom is 0.308 e. The van der Waals surface area contributed by atoms with Gasteiger partial charge in [-0.25, -0.2) is 23.4 Å². The number of carbonyl (C=O) groups is 1. The van der Waals surface area contributed by atoms with Crippen molar-refractivity contribution >= 4 is 34.7 Å². The molecule has 3 aromatic rings. The van der Waals surface area contributed by atoms with Crippen molar-refractivity contribution in [1.29, 1.82) is 0 Å². The van der Waals surface area contributed by atoms with Gasteiger partial charge in [0.1, 0.15) is 18.8 Å². The molecule has 3 N–H and O–H groups in total. The molecule has 11 nitrogen and oxygen atoms in total. The van der Waals surface area contributed by atoms with Gasteiger partial charge in [0.05, 0.1) is 24.7 Å². The highest BCUT2D eigenvalue weighted by Gasteiger charge is 2.45. The van der Waals surface area contributed by atoms with Crippen molar-refractivity contribution in [3.8, 4) is 0 Å². The molecule has 2 aliphatic rings. The minimum Gasteiger partial charge on any atom is -0.463 e. The number of aliphatic hydroxyl groups excluding tert-OH is 2. The van der Waals surface area contributed by atoms with Crippen LogP contribution in [-0.2, 0) is 14.3 Å². The fourth-order valence-electron chi connectivity index (χ4n) is 4.92. The van der Waals surface area contributed by atoms with E-state index in [1.165, 1.54) is 22.5 Å². The number of aliphatic hydroxyl groups is 2. The number of rotatable bonds is 12. The van der Waals surface area contributed by atoms with Crippen molar-refractivity contribution < 1.29 is 33.3 Å². The molecule has 0 saturated heterocycles. The van der Waals surface area contributed by atoms with Crippen molar-refractivity contribution in [3.05, 3.63) is 35.4 Å².